The normalized spacial score (nSPS) is 26.5. The molecule has 1 aromatic rings. The molecule has 26 heavy (non-hydrogen) atoms. The molecular weight excluding hydrogens is 359 g/mol. The number of fused-ring (bicyclic) bond motifs is 1. The summed E-state index contributed by atoms with van der Waals surface area (Å²) in [7, 11) is 0. The van der Waals surface area contributed by atoms with Gasteiger partial charge in [0.05, 0.1) is 12.1 Å². The first kappa shape index (κ1) is 19.4. The van der Waals surface area contributed by atoms with Crippen molar-refractivity contribution in [1.82, 2.24) is 10.2 Å². The fourth-order valence-corrected chi connectivity index (χ4v) is 4.14. The Morgan fingerprint density at radius 3 is 2.85 bits per heavy atom. The lowest BCUT2D eigenvalue weighted by atomic mass is 9.99. The van der Waals surface area contributed by atoms with Crippen LogP contribution in [-0.2, 0) is 11.2 Å². The minimum absolute atomic E-state index is 0.0705. The third-order valence-electron chi connectivity index (χ3n) is 4.86. The van der Waals surface area contributed by atoms with Crippen molar-refractivity contribution < 1.29 is 19.0 Å². The summed E-state index contributed by atoms with van der Waals surface area (Å²) in [5.74, 6) is -0.366. The number of carbonyl (C=O) groups is 1. The third kappa shape index (κ3) is 4.30. The van der Waals surface area contributed by atoms with Crippen LogP contribution in [0.15, 0.2) is 12.1 Å². The van der Waals surface area contributed by atoms with Gasteiger partial charge in [-0.2, -0.15) is 0 Å². The number of likely N-dealkylation sites (tertiary alicyclic amines) is 1. The minimum Gasteiger partial charge on any atom is -0.444 e. The number of rotatable bonds is 2. The van der Waals surface area contributed by atoms with Crippen LogP contribution in [0.25, 0.3) is 0 Å². The molecule has 1 aromatic carbocycles. The Labute approximate surface area is 158 Å². The van der Waals surface area contributed by atoms with Gasteiger partial charge >= 0.3 is 6.09 Å². The standard InChI is InChI=1S/C19H26ClFN2O3/c1-19(2,3)26-18(25)22-12-5-4-6-23(10-12)17-14-7-11(20)8-15(21)13(14)9-16(17)24/h7-8,12,16-17,24H,4-6,9-10H2,1-3H3,(H,22,25)/t12-,16-,17-/m1/s1. The molecule has 0 saturated carbocycles. The largest absolute Gasteiger partial charge is 0.444 e. The second-order valence-corrected chi connectivity index (χ2v) is 8.59. The SMILES string of the molecule is CC(C)(C)OC(=O)N[C@@H]1CCCN([C@@H]2c3cc(Cl)cc(F)c3C[C@H]2O)C1. The van der Waals surface area contributed by atoms with Gasteiger partial charge in [0.25, 0.3) is 0 Å². The number of aliphatic hydroxyl groups is 1. The third-order valence-corrected chi connectivity index (χ3v) is 5.08. The van der Waals surface area contributed by atoms with Crippen molar-refractivity contribution >= 4 is 17.7 Å². The van der Waals surface area contributed by atoms with Gasteiger partial charge in [0.1, 0.15) is 11.4 Å². The van der Waals surface area contributed by atoms with E-state index < -0.39 is 17.8 Å². The van der Waals surface area contributed by atoms with Crippen molar-refractivity contribution in [2.45, 2.75) is 63.8 Å². The Kier molecular flexibility index (Phi) is 5.47. The number of alkyl carbamates (subject to hydrolysis) is 1. The first-order valence-electron chi connectivity index (χ1n) is 9.03. The summed E-state index contributed by atoms with van der Waals surface area (Å²) < 4.78 is 19.5. The monoisotopic (exact) mass is 384 g/mol. The number of aliphatic hydroxyl groups excluding tert-OH is 1. The molecule has 1 aliphatic carbocycles. The molecule has 3 rings (SSSR count). The maximum Gasteiger partial charge on any atom is 0.407 e. The Balaban J connectivity index is 1.72. The predicted molar refractivity (Wildman–Crippen MR) is 97.8 cm³/mol. The highest BCUT2D eigenvalue weighted by Crippen LogP contribution is 2.40. The zero-order chi connectivity index (χ0) is 19.1. The number of ether oxygens (including phenoxy) is 1. The lowest BCUT2D eigenvalue weighted by molar-refractivity contribution is 0.0302. The van der Waals surface area contributed by atoms with Crippen LogP contribution in [0.5, 0.6) is 0 Å². The van der Waals surface area contributed by atoms with E-state index in [4.69, 9.17) is 16.3 Å². The summed E-state index contributed by atoms with van der Waals surface area (Å²) in [6.07, 6.45) is 0.880. The Morgan fingerprint density at radius 1 is 1.42 bits per heavy atom. The first-order chi connectivity index (χ1) is 12.1. The number of carbonyl (C=O) groups excluding carboxylic acids is 1. The van der Waals surface area contributed by atoms with Gasteiger partial charge in [0.15, 0.2) is 0 Å². The lowest BCUT2D eigenvalue weighted by Gasteiger charge is -2.38. The van der Waals surface area contributed by atoms with Crippen LogP contribution in [0.3, 0.4) is 0 Å². The van der Waals surface area contributed by atoms with Gasteiger partial charge in [0, 0.05) is 24.0 Å². The quantitative estimate of drug-likeness (QED) is 0.820. The number of nitrogens with one attached hydrogen (secondary N) is 1. The highest BCUT2D eigenvalue weighted by molar-refractivity contribution is 6.30. The lowest BCUT2D eigenvalue weighted by Crippen LogP contribution is -2.50. The molecule has 7 heteroatoms. The summed E-state index contributed by atoms with van der Waals surface area (Å²) in [5, 5.41) is 13.8. The van der Waals surface area contributed by atoms with Gasteiger partial charge in [-0.05, 0) is 63.4 Å². The highest BCUT2D eigenvalue weighted by Gasteiger charge is 2.39. The Morgan fingerprint density at radius 2 is 2.15 bits per heavy atom. The number of nitrogens with zero attached hydrogens (tertiary/aromatic N) is 1. The number of piperidine rings is 1. The maximum absolute atomic E-state index is 14.2. The van der Waals surface area contributed by atoms with E-state index in [0.717, 1.165) is 24.9 Å². The summed E-state index contributed by atoms with van der Waals surface area (Å²) in [4.78, 5) is 14.1. The molecule has 1 aliphatic heterocycles. The van der Waals surface area contributed by atoms with E-state index >= 15 is 0 Å². The van der Waals surface area contributed by atoms with Crippen LogP contribution in [0.4, 0.5) is 9.18 Å². The second kappa shape index (κ2) is 7.33. The van der Waals surface area contributed by atoms with Crippen molar-refractivity contribution in [1.29, 1.82) is 0 Å². The number of benzene rings is 1. The molecule has 1 amide bonds. The van der Waals surface area contributed by atoms with Crippen molar-refractivity contribution in [3.05, 3.63) is 34.1 Å². The molecule has 0 aromatic heterocycles. The molecule has 1 heterocycles. The van der Waals surface area contributed by atoms with Crippen molar-refractivity contribution in [2.75, 3.05) is 13.1 Å². The molecule has 3 atom stereocenters. The van der Waals surface area contributed by atoms with Crippen LogP contribution >= 0.6 is 11.6 Å². The van der Waals surface area contributed by atoms with E-state index in [1.54, 1.807) is 6.07 Å². The van der Waals surface area contributed by atoms with Crippen LogP contribution in [0, 0.1) is 5.82 Å². The maximum atomic E-state index is 14.2. The van der Waals surface area contributed by atoms with E-state index in [-0.39, 0.29) is 24.3 Å². The molecule has 0 bridgehead atoms. The van der Waals surface area contributed by atoms with Crippen LogP contribution in [0.1, 0.15) is 50.8 Å². The van der Waals surface area contributed by atoms with Gasteiger partial charge in [0.2, 0.25) is 0 Å². The van der Waals surface area contributed by atoms with Crippen LogP contribution < -0.4 is 5.32 Å². The molecule has 0 spiro atoms. The Hall–Kier alpha value is -1.37. The van der Waals surface area contributed by atoms with Crippen molar-refractivity contribution in [2.24, 2.45) is 0 Å². The van der Waals surface area contributed by atoms with Crippen LogP contribution in [-0.4, -0.2) is 46.9 Å². The predicted octanol–water partition coefficient (Wildman–Crippen LogP) is 3.43. The number of hydrogen-bond acceptors (Lipinski definition) is 4. The number of amides is 1. The van der Waals surface area contributed by atoms with E-state index in [9.17, 15) is 14.3 Å². The molecular formula is C19H26ClFN2O3. The molecule has 0 unspecified atom stereocenters. The average molecular weight is 385 g/mol. The average Bonchev–Trinajstić information content (AvgIpc) is 2.82. The smallest absolute Gasteiger partial charge is 0.407 e. The summed E-state index contributed by atoms with van der Waals surface area (Å²) >= 11 is 6.03. The minimum atomic E-state index is -0.682. The van der Waals surface area contributed by atoms with Gasteiger partial charge in [-0.15, -0.1) is 0 Å². The van der Waals surface area contributed by atoms with Gasteiger partial charge in [-0.1, -0.05) is 11.6 Å². The Bertz CT molecular complexity index is 692. The van der Waals surface area contributed by atoms with Crippen molar-refractivity contribution in [3.8, 4) is 0 Å². The zero-order valence-electron chi connectivity index (χ0n) is 15.4. The topological polar surface area (TPSA) is 61.8 Å². The van der Waals surface area contributed by atoms with Gasteiger partial charge in [-0.25, -0.2) is 9.18 Å². The molecule has 1 fully saturated rings. The highest BCUT2D eigenvalue weighted by atomic mass is 35.5. The zero-order valence-corrected chi connectivity index (χ0v) is 16.1. The molecule has 2 N–H and O–H groups in total. The molecule has 1 saturated heterocycles. The van der Waals surface area contributed by atoms with Gasteiger partial charge < -0.3 is 15.2 Å². The van der Waals surface area contributed by atoms with Crippen LogP contribution in [0.2, 0.25) is 5.02 Å². The number of halogens is 2. The van der Waals surface area contributed by atoms with Gasteiger partial charge in [-0.3, -0.25) is 4.90 Å². The van der Waals surface area contributed by atoms with E-state index in [2.05, 4.69) is 10.2 Å². The van der Waals surface area contributed by atoms with E-state index in [1.165, 1.54) is 6.07 Å². The van der Waals surface area contributed by atoms with E-state index in [1.807, 2.05) is 20.8 Å². The van der Waals surface area contributed by atoms with Crippen molar-refractivity contribution in [3.63, 3.8) is 0 Å². The van der Waals surface area contributed by atoms with E-state index in [0.29, 0.717) is 17.1 Å². The molecule has 144 valence electrons. The molecule has 0 radical (unpaired) electrons. The summed E-state index contributed by atoms with van der Waals surface area (Å²) in [5.41, 5.74) is 0.738. The first-order valence-corrected chi connectivity index (χ1v) is 9.41. The fourth-order valence-electron chi connectivity index (χ4n) is 3.92. The molecule has 2 aliphatic rings. The number of hydrogen-bond donors (Lipinski definition) is 2. The second-order valence-electron chi connectivity index (χ2n) is 8.15. The summed E-state index contributed by atoms with van der Waals surface area (Å²) in [6, 6.07) is 2.66. The molecule has 5 nitrogen and oxygen atoms in total. The summed E-state index contributed by atoms with van der Waals surface area (Å²) in [6.45, 7) is 6.83. The fraction of sp³-hybridized carbons (Fsp3) is 0.632.